The Bertz CT molecular complexity index is 1360. The maximum atomic E-state index is 13.3. The van der Waals surface area contributed by atoms with Crippen LogP contribution in [0.25, 0.3) is 11.0 Å². The summed E-state index contributed by atoms with van der Waals surface area (Å²) in [4.78, 5) is 30.1. The summed E-state index contributed by atoms with van der Waals surface area (Å²) in [5, 5.41) is 14.0. The third kappa shape index (κ3) is 4.12. The fourth-order valence-corrected chi connectivity index (χ4v) is 3.95. The molecule has 0 aliphatic carbocycles. The van der Waals surface area contributed by atoms with E-state index < -0.39 is 5.92 Å². The van der Waals surface area contributed by atoms with Crippen LogP contribution in [0.2, 0.25) is 0 Å². The largest absolute Gasteiger partial charge is 0.508 e. The van der Waals surface area contributed by atoms with Gasteiger partial charge in [-0.1, -0.05) is 12.1 Å². The Kier molecular flexibility index (Phi) is 5.43. The Morgan fingerprint density at radius 3 is 2.82 bits per heavy atom. The van der Waals surface area contributed by atoms with Gasteiger partial charge < -0.3 is 28.9 Å². The second-order valence-corrected chi connectivity index (χ2v) is 7.69. The minimum atomic E-state index is -0.756. The molecule has 33 heavy (non-hydrogen) atoms. The van der Waals surface area contributed by atoms with Gasteiger partial charge in [-0.3, -0.25) is 9.59 Å². The molecule has 0 saturated heterocycles. The predicted molar refractivity (Wildman–Crippen MR) is 118 cm³/mol. The second-order valence-electron chi connectivity index (χ2n) is 7.69. The lowest BCUT2D eigenvalue weighted by molar-refractivity contribution is -0.121. The van der Waals surface area contributed by atoms with Crippen molar-refractivity contribution >= 4 is 16.9 Å². The van der Waals surface area contributed by atoms with Gasteiger partial charge in [-0.15, -0.1) is 0 Å². The van der Waals surface area contributed by atoms with E-state index in [1.807, 2.05) is 4.57 Å². The van der Waals surface area contributed by atoms with Crippen molar-refractivity contribution in [3.8, 4) is 17.2 Å². The van der Waals surface area contributed by atoms with Crippen molar-refractivity contribution in [2.75, 3.05) is 13.3 Å². The molecule has 9 nitrogen and oxygen atoms in total. The van der Waals surface area contributed by atoms with Crippen LogP contribution in [0.1, 0.15) is 23.5 Å². The van der Waals surface area contributed by atoms with E-state index in [1.165, 1.54) is 12.3 Å². The molecule has 0 saturated carbocycles. The van der Waals surface area contributed by atoms with E-state index in [4.69, 9.17) is 13.9 Å². The summed E-state index contributed by atoms with van der Waals surface area (Å²) in [5.41, 5.74) is 0.842. The van der Waals surface area contributed by atoms with E-state index in [2.05, 4.69) is 10.3 Å². The van der Waals surface area contributed by atoms with Crippen LogP contribution in [0.5, 0.6) is 17.2 Å². The first-order valence-electron chi connectivity index (χ1n) is 10.5. The zero-order chi connectivity index (χ0) is 22.8. The van der Waals surface area contributed by atoms with E-state index in [0.29, 0.717) is 41.1 Å². The number of benzene rings is 2. The number of para-hydroxylation sites is 1. The number of hydrogen-bond acceptors (Lipinski definition) is 7. The minimum absolute atomic E-state index is 0.0374. The molecule has 1 atom stereocenters. The van der Waals surface area contributed by atoms with Crippen molar-refractivity contribution in [2.45, 2.75) is 18.9 Å². The van der Waals surface area contributed by atoms with Crippen LogP contribution in [0.3, 0.4) is 0 Å². The standard InChI is InChI=1S/C24H21N3O6/c28-19-11-22-21(32-14-33-22)9-17(19)16(10-23(29)26-6-8-27-7-5-25-13-27)18-12-31-20-4-2-1-3-15(20)24(18)30/h1-5,7,9,11-13,16,28H,6,8,10,14H2,(H,26,29)/t16-/m1/s1. The molecule has 2 aromatic heterocycles. The van der Waals surface area contributed by atoms with Gasteiger partial charge in [0, 0.05) is 55.0 Å². The van der Waals surface area contributed by atoms with Crippen molar-refractivity contribution in [3.05, 3.63) is 82.7 Å². The molecule has 2 N–H and O–H groups in total. The van der Waals surface area contributed by atoms with Gasteiger partial charge in [0.2, 0.25) is 12.7 Å². The smallest absolute Gasteiger partial charge is 0.231 e. The lowest BCUT2D eigenvalue weighted by Crippen LogP contribution is -2.29. The summed E-state index contributed by atoms with van der Waals surface area (Å²) in [6.45, 7) is 0.987. The third-order valence-electron chi connectivity index (χ3n) is 5.62. The fraction of sp³-hybridized carbons (Fsp3) is 0.208. The Balaban J connectivity index is 1.48. The highest BCUT2D eigenvalue weighted by atomic mass is 16.7. The number of amides is 1. The summed E-state index contributed by atoms with van der Waals surface area (Å²) >= 11 is 0. The molecule has 0 unspecified atom stereocenters. The highest BCUT2D eigenvalue weighted by Gasteiger charge is 2.28. The number of carbonyl (C=O) groups is 1. The number of nitrogens with zero attached hydrogens (tertiary/aromatic N) is 2. The quantitative estimate of drug-likeness (QED) is 0.448. The minimum Gasteiger partial charge on any atom is -0.508 e. The molecular weight excluding hydrogens is 426 g/mol. The van der Waals surface area contributed by atoms with Crippen molar-refractivity contribution in [1.29, 1.82) is 0 Å². The Morgan fingerprint density at radius 2 is 2.00 bits per heavy atom. The molecule has 2 aromatic carbocycles. The van der Waals surface area contributed by atoms with Gasteiger partial charge >= 0.3 is 0 Å². The molecule has 0 fully saturated rings. The molecule has 0 spiro atoms. The van der Waals surface area contributed by atoms with Crippen molar-refractivity contribution < 1.29 is 23.8 Å². The van der Waals surface area contributed by atoms with Gasteiger partial charge in [-0.25, -0.2) is 4.98 Å². The van der Waals surface area contributed by atoms with Crippen molar-refractivity contribution in [2.24, 2.45) is 0 Å². The number of fused-ring (bicyclic) bond motifs is 2. The van der Waals surface area contributed by atoms with Gasteiger partial charge in [0.15, 0.2) is 16.9 Å². The number of phenolic OH excluding ortho intramolecular Hbond substituents is 1. The van der Waals surface area contributed by atoms with Crippen LogP contribution in [0.4, 0.5) is 0 Å². The van der Waals surface area contributed by atoms with Crippen LogP contribution >= 0.6 is 0 Å². The zero-order valence-electron chi connectivity index (χ0n) is 17.6. The maximum Gasteiger partial charge on any atom is 0.231 e. The Morgan fingerprint density at radius 1 is 1.18 bits per heavy atom. The normalized spacial score (nSPS) is 13.2. The van der Waals surface area contributed by atoms with Gasteiger partial charge in [0.1, 0.15) is 11.3 Å². The van der Waals surface area contributed by atoms with Crippen LogP contribution in [0.15, 0.2) is 70.6 Å². The first-order valence-corrected chi connectivity index (χ1v) is 10.5. The lowest BCUT2D eigenvalue weighted by atomic mass is 9.87. The molecule has 9 heteroatoms. The van der Waals surface area contributed by atoms with Crippen LogP contribution < -0.4 is 20.2 Å². The summed E-state index contributed by atoms with van der Waals surface area (Å²) in [5.74, 6) is -0.273. The van der Waals surface area contributed by atoms with Crippen molar-refractivity contribution in [3.63, 3.8) is 0 Å². The number of imidazole rings is 1. The molecule has 1 amide bonds. The molecule has 1 aliphatic rings. The monoisotopic (exact) mass is 447 g/mol. The summed E-state index contributed by atoms with van der Waals surface area (Å²) in [7, 11) is 0. The van der Waals surface area contributed by atoms with E-state index in [1.54, 1.807) is 49.1 Å². The SMILES string of the molecule is O=C(C[C@H](c1cc2c(cc1O)OCO2)c1coc2ccccc2c1=O)NCCn1ccnc1. The highest BCUT2D eigenvalue weighted by Crippen LogP contribution is 2.42. The summed E-state index contributed by atoms with van der Waals surface area (Å²) in [6.07, 6.45) is 6.43. The number of rotatable bonds is 7. The average molecular weight is 447 g/mol. The molecular formula is C24H21N3O6. The van der Waals surface area contributed by atoms with Crippen molar-refractivity contribution in [1.82, 2.24) is 14.9 Å². The number of carbonyl (C=O) groups excluding carboxylic acids is 1. The van der Waals surface area contributed by atoms with E-state index in [9.17, 15) is 14.7 Å². The molecule has 0 bridgehead atoms. The average Bonchev–Trinajstić information content (AvgIpc) is 3.50. The molecule has 4 aromatic rings. The van der Waals surface area contributed by atoms with Crippen LogP contribution in [-0.4, -0.2) is 33.9 Å². The fourth-order valence-electron chi connectivity index (χ4n) is 3.95. The number of hydrogen-bond donors (Lipinski definition) is 2. The topological polar surface area (TPSA) is 116 Å². The molecule has 168 valence electrons. The van der Waals surface area contributed by atoms with E-state index in [0.717, 1.165) is 0 Å². The third-order valence-corrected chi connectivity index (χ3v) is 5.62. The molecule has 0 radical (unpaired) electrons. The first-order chi connectivity index (χ1) is 16.1. The van der Waals surface area contributed by atoms with Gasteiger partial charge in [0.05, 0.1) is 18.0 Å². The number of nitrogens with one attached hydrogen (secondary N) is 1. The number of ether oxygens (including phenoxy) is 2. The highest BCUT2D eigenvalue weighted by molar-refractivity contribution is 5.80. The molecule has 1 aliphatic heterocycles. The van der Waals surface area contributed by atoms with Gasteiger partial charge in [-0.2, -0.15) is 0 Å². The van der Waals surface area contributed by atoms with Gasteiger partial charge in [-0.05, 0) is 18.2 Å². The number of aromatic hydroxyl groups is 1. The summed E-state index contributed by atoms with van der Waals surface area (Å²) < 4.78 is 18.3. The number of aromatic nitrogens is 2. The molecule has 5 rings (SSSR count). The van der Waals surface area contributed by atoms with Gasteiger partial charge in [0.25, 0.3) is 0 Å². The van der Waals surface area contributed by atoms with E-state index in [-0.39, 0.29) is 35.9 Å². The molecule has 3 heterocycles. The predicted octanol–water partition coefficient (Wildman–Crippen LogP) is 2.76. The number of phenols is 1. The maximum absolute atomic E-state index is 13.3. The lowest BCUT2D eigenvalue weighted by Gasteiger charge is -2.19. The van der Waals surface area contributed by atoms with Crippen LogP contribution in [0, 0.1) is 0 Å². The Labute approximate surface area is 188 Å². The van der Waals surface area contributed by atoms with Crippen LogP contribution in [-0.2, 0) is 11.3 Å². The Hall–Kier alpha value is -4.27. The second kappa shape index (κ2) is 8.70. The zero-order valence-corrected chi connectivity index (χ0v) is 17.6. The first kappa shape index (κ1) is 20.6. The van der Waals surface area contributed by atoms with E-state index >= 15 is 0 Å². The summed E-state index contributed by atoms with van der Waals surface area (Å²) in [6, 6.07) is 9.95.